The number of hydrogen-bond acceptors (Lipinski definition) is 3. The number of halogens is 1. The van der Waals surface area contributed by atoms with E-state index < -0.39 is 0 Å². The average molecular weight is 268 g/mol. The molecule has 1 heterocycles. The quantitative estimate of drug-likeness (QED) is 0.822. The zero-order chi connectivity index (χ0) is 13.0. The Morgan fingerprint density at radius 2 is 2.22 bits per heavy atom. The van der Waals surface area contributed by atoms with Crippen molar-refractivity contribution in [3.8, 4) is 0 Å². The molecule has 2 unspecified atom stereocenters. The number of rotatable bonds is 5. The second-order valence-electron chi connectivity index (χ2n) is 5.29. The van der Waals surface area contributed by atoms with Crippen LogP contribution in [0.5, 0.6) is 0 Å². The second-order valence-corrected chi connectivity index (χ2v) is 5.68. The summed E-state index contributed by atoms with van der Waals surface area (Å²) in [7, 11) is 0. The van der Waals surface area contributed by atoms with E-state index in [1.807, 2.05) is 6.07 Å². The third kappa shape index (κ3) is 3.58. The van der Waals surface area contributed by atoms with E-state index >= 15 is 0 Å². The van der Waals surface area contributed by atoms with Crippen molar-refractivity contribution in [2.24, 2.45) is 11.8 Å². The van der Waals surface area contributed by atoms with Gasteiger partial charge >= 0.3 is 0 Å². The van der Waals surface area contributed by atoms with Crippen LogP contribution in [0, 0.1) is 11.8 Å². The van der Waals surface area contributed by atoms with Gasteiger partial charge in [-0.05, 0) is 24.7 Å². The lowest BCUT2D eigenvalue weighted by molar-refractivity contribution is 0.439. The Morgan fingerprint density at radius 3 is 2.89 bits per heavy atom. The van der Waals surface area contributed by atoms with Crippen LogP contribution in [0.4, 0.5) is 5.82 Å². The van der Waals surface area contributed by atoms with E-state index in [-0.39, 0.29) is 0 Å². The Balaban J connectivity index is 1.95. The minimum absolute atomic E-state index is 0.537. The molecule has 1 fully saturated rings. The fraction of sp³-hybridized carbons (Fsp3) is 0.714. The molecule has 1 aromatic rings. The first-order chi connectivity index (χ1) is 8.69. The van der Waals surface area contributed by atoms with Crippen LogP contribution in [-0.4, -0.2) is 16.5 Å². The zero-order valence-electron chi connectivity index (χ0n) is 11.2. The first kappa shape index (κ1) is 13.6. The summed E-state index contributed by atoms with van der Waals surface area (Å²) >= 11 is 6.02. The van der Waals surface area contributed by atoms with E-state index in [9.17, 15) is 0 Å². The van der Waals surface area contributed by atoms with Gasteiger partial charge in [0.05, 0.1) is 0 Å². The van der Waals surface area contributed by atoms with Gasteiger partial charge in [-0.3, -0.25) is 0 Å². The van der Waals surface area contributed by atoms with Crippen molar-refractivity contribution in [2.45, 2.75) is 46.0 Å². The highest BCUT2D eigenvalue weighted by Crippen LogP contribution is 2.31. The van der Waals surface area contributed by atoms with Crippen molar-refractivity contribution < 1.29 is 0 Å². The Labute approximate surface area is 114 Å². The van der Waals surface area contributed by atoms with Gasteiger partial charge in [-0.2, -0.15) is 0 Å². The van der Waals surface area contributed by atoms with Gasteiger partial charge in [0, 0.05) is 19.0 Å². The van der Waals surface area contributed by atoms with Crippen LogP contribution in [0.25, 0.3) is 0 Å². The number of nitrogens with one attached hydrogen (secondary N) is 1. The van der Waals surface area contributed by atoms with Crippen LogP contribution < -0.4 is 5.32 Å². The molecule has 0 amide bonds. The maximum Gasteiger partial charge on any atom is 0.134 e. The molecule has 0 spiro atoms. The average Bonchev–Trinajstić information content (AvgIpc) is 2.72. The summed E-state index contributed by atoms with van der Waals surface area (Å²) < 4.78 is 0. The molecule has 1 aliphatic carbocycles. The minimum Gasteiger partial charge on any atom is -0.370 e. The summed E-state index contributed by atoms with van der Waals surface area (Å²) in [4.78, 5) is 8.74. The maximum atomic E-state index is 6.02. The van der Waals surface area contributed by atoms with Crippen LogP contribution >= 0.6 is 11.6 Å². The number of aryl methyl sites for hydroxylation is 1. The van der Waals surface area contributed by atoms with Crippen molar-refractivity contribution in [1.82, 2.24) is 9.97 Å². The molecular weight excluding hydrogens is 246 g/mol. The van der Waals surface area contributed by atoms with Crippen molar-refractivity contribution in [2.75, 3.05) is 11.9 Å². The molecule has 1 N–H and O–H groups in total. The summed E-state index contributed by atoms with van der Waals surface area (Å²) in [6.45, 7) is 5.46. The summed E-state index contributed by atoms with van der Waals surface area (Å²) in [5.41, 5.74) is 0. The van der Waals surface area contributed by atoms with Gasteiger partial charge in [-0.15, -0.1) is 0 Å². The summed E-state index contributed by atoms with van der Waals surface area (Å²) in [5.74, 6) is 3.31. The third-order valence-electron chi connectivity index (χ3n) is 3.80. The van der Waals surface area contributed by atoms with Crippen LogP contribution in [0.1, 0.15) is 45.4 Å². The lowest BCUT2D eigenvalue weighted by atomic mass is 9.98. The molecular formula is C14H22ClN3. The van der Waals surface area contributed by atoms with Gasteiger partial charge in [0.1, 0.15) is 16.8 Å². The zero-order valence-corrected chi connectivity index (χ0v) is 12.0. The standard InChI is InChI=1S/C14H22ClN3/c1-3-5-13-17-12(15)8-14(18-13)16-9-11-7-4-6-10(11)2/h8,10-11H,3-7,9H2,1-2H3,(H,16,17,18). The number of anilines is 1. The van der Waals surface area contributed by atoms with Crippen molar-refractivity contribution in [3.63, 3.8) is 0 Å². The Morgan fingerprint density at radius 1 is 1.39 bits per heavy atom. The third-order valence-corrected chi connectivity index (χ3v) is 3.99. The van der Waals surface area contributed by atoms with E-state index in [0.29, 0.717) is 5.15 Å². The number of nitrogens with zero attached hydrogens (tertiary/aromatic N) is 2. The molecule has 2 atom stereocenters. The Hall–Kier alpha value is -0.830. The molecule has 3 nitrogen and oxygen atoms in total. The Bertz CT molecular complexity index is 395. The molecule has 0 aromatic carbocycles. The molecule has 18 heavy (non-hydrogen) atoms. The van der Waals surface area contributed by atoms with E-state index in [2.05, 4.69) is 29.1 Å². The first-order valence-corrected chi connectivity index (χ1v) is 7.34. The van der Waals surface area contributed by atoms with Gasteiger partial charge in [-0.1, -0.05) is 38.3 Å². The maximum absolute atomic E-state index is 6.02. The van der Waals surface area contributed by atoms with Crippen molar-refractivity contribution in [1.29, 1.82) is 0 Å². The van der Waals surface area contributed by atoms with Gasteiger partial charge in [0.2, 0.25) is 0 Å². The molecule has 0 bridgehead atoms. The fourth-order valence-corrected chi connectivity index (χ4v) is 2.85. The monoisotopic (exact) mass is 267 g/mol. The van der Waals surface area contributed by atoms with Gasteiger partial charge in [0.25, 0.3) is 0 Å². The number of aromatic nitrogens is 2. The van der Waals surface area contributed by atoms with Gasteiger partial charge in [-0.25, -0.2) is 9.97 Å². The van der Waals surface area contributed by atoms with E-state index in [0.717, 1.165) is 42.9 Å². The lowest BCUT2D eigenvalue weighted by Crippen LogP contribution is -2.17. The highest BCUT2D eigenvalue weighted by atomic mass is 35.5. The van der Waals surface area contributed by atoms with E-state index in [4.69, 9.17) is 11.6 Å². The molecule has 0 saturated heterocycles. The molecule has 4 heteroatoms. The predicted molar refractivity (Wildman–Crippen MR) is 76.0 cm³/mol. The molecule has 100 valence electrons. The molecule has 2 rings (SSSR count). The topological polar surface area (TPSA) is 37.8 Å². The van der Waals surface area contributed by atoms with Crippen molar-refractivity contribution >= 4 is 17.4 Å². The smallest absolute Gasteiger partial charge is 0.134 e. The molecule has 1 aliphatic rings. The SMILES string of the molecule is CCCc1nc(Cl)cc(NCC2CCCC2C)n1. The normalized spacial score (nSPS) is 23.3. The molecule has 0 aliphatic heterocycles. The van der Waals surface area contributed by atoms with E-state index in [1.54, 1.807) is 0 Å². The largest absolute Gasteiger partial charge is 0.370 e. The second kappa shape index (κ2) is 6.37. The minimum atomic E-state index is 0.537. The van der Waals surface area contributed by atoms with Gasteiger partial charge in [0.15, 0.2) is 0 Å². The predicted octanol–water partition coefficient (Wildman–Crippen LogP) is 3.93. The van der Waals surface area contributed by atoms with E-state index in [1.165, 1.54) is 19.3 Å². The first-order valence-electron chi connectivity index (χ1n) is 6.96. The highest BCUT2D eigenvalue weighted by Gasteiger charge is 2.22. The number of hydrogen-bond donors (Lipinski definition) is 1. The summed E-state index contributed by atoms with van der Waals surface area (Å²) in [6, 6.07) is 1.82. The van der Waals surface area contributed by atoms with Crippen molar-refractivity contribution in [3.05, 3.63) is 17.0 Å². The van der Waals surface area contributed by atoms with Crippen LogP contribution in [-0.2, 0) is 6.42 Å². The lowest BCUT2D eigenvalue weighted by Gasteiger charge is -2.16. The summed E-state index contributed by atoms with van der Waals surface area (Å²) in [5, 5.41) is 3.96. The Kier molecular flexibility index (Phi) is 4.81. The van der Waals surface area contributed by atoms with Gasteiger partial charge < -0.3 is 5.32 Å². The molecule has 1 aromatic heterocycles. The molecule has 0 radical (unpaired) electrons. The van der Waals surface area contributed by atoms with Crippen LogP contribution in [0.15, 0.2) is 6.07 Å². The van der Waals surface area contributed by atoms with Crippen LogP contribution in [0.2, 0.25) is 5.15 Å². The highest BCUT2D eigenvalue weighted by molar-refractivity contribution is 6.29. The molecule has 1 saturated carbocycles. The fourth-order valence-electron chi connectivity index (χ4n) is 2.65. The van der Waals surface area contributed by atoms with Crippen LogP contribution in [0.3, 0.4) is 0 Å². The summed E-state index contributed by atoms with van der Waals surface area (Å²) in [6.07, 6.45) is 5.97.